The first kappa shape index (κ1) is 15.5. The van der Waals surface area contributed by atoms with Gasteiger partial charge in [0.2, 0.25) is 0 Å². The molecule has 0 aliphatic carbocycles. The second kappa shape index (κ2) is 8.52. The molecule has 2 nitrogen and oxygen atoms in total. The molecule has 1 aromatic carbocycles. The van der Waals surface area contributed by atoms with Crippen LogP contribution in [0.4, 0.5) is 0 Å². The van der Waals surface area contributed by atoms with Gasteiger partial charge in [-0.1, -0.05) is 48.7 Å². The zero-order valence-electron chi connectivity index (χ0n) is 11.8. The van der Waals surface area contributed by atoms with E-state index in [1.165, 1.54) is 5.56 Å². The maximum atomic E-state index is 11.3. The van der Waals surface area contributed by atoms with Gasteiger partial charge < -0.3 is 5.11 Å². The lowest BCUT2D eigenvalue weighted by atomic mass is 9.93. The predicted molar refractivity (Wildman–Crippen MR) is 79.3 cm³/mol. The van der Waals surface area contributed by atoms with Gasteiger partial charge in [0, 0.05) is 0 Å². The fraction of sp³-hybridized carbons (Fsp3) is 0.471. The summed E-state index contributed by atoms with van der Waals surface area (Å²) in [6, 6.07) is 8.14. The van der Waals surface area contributed by atoms with Gasteiger partial charge in [0.15, 0.2) is 0 Å². The minimum atomic E-state index is -0.677. The molecule has 0 saturated carbocycles. The fourth-order valence-corrected chi connectivity index (χ4v) is 2.18. The van der Waals surface area contributed by atoms with E-state index in [1.54, 1.807) is 0 Å². The molecule has 0 aliphatic rings. The summed E-state index contributed by atoms with van der Waals surface area (Å²) in [6.45, 7) is 5.73. The Labute approximate surface area is 116 Å². The first-order chi connectivity index (χ1) is 9.13. The molecule has 1 unspecified atom stereocenters. The molecule has 0 fully saturated rings. The van der Waals surface area contributed by atoms with E-state index >= 15 is 0 Å². The molecule has 0 amide bonds. The Bertz CT molecular complexity index is 392. The highest BCUT2D eigenvalue weighted by molar-refractivity contribution is 5.70. The quantitative estimate of drug-likeness (QED) is 0.528. The summed E-state index contributed by atoms with van der Waals surface area (Å²) in [7, 11) is 0. The van der Waals surface area contributed by atoms with Crippen molar-refractivity contribution in [3.63, 3.8) is 0 Å². The molecule has 104 valence electrons. The molecule has 1 atom stereocenters. The second-order valence-electron chi connectivity index (χ2n) is 5.15. The lowest BCUT2D eigenvalue weighted by molar-refractivity contribution is -0.142. The van der Waals surface area contributed by atoms with E-state index in [2.05, 4.69) is 6.58 Å². The molecule has 0 heterocycles. The normalized spacial score (nSPS) is 12.1. The van der Waals surface area contributed by atoms with Crippen LogP contribution in [0.15, 0.2) is 36.9 Å². The molecule has 0 bridgehead atoms. The van der Waals surface area contributed by atoms with Crippen molar-refractivity contribution in [2.75, 3.05) is 0 Å². The third-order valence-corrected chi connectivity index (χ3v) is 3.41. The highest BCUT2D eigenvalue weighted by Crippen LogP contribution is 2.17. The van der Waals surface area contributed by atoms with Gasteiger partial charge in [-0.15, -0.1) is 6.58 Å². The lowest BCUT2D eigenvalue weighted by Crippen LogP contribution is -2.16. The van der Waals surface area contributed by atoms with Crippen LogP contribution in [0.25, 0.3) is 0 Å². The van der Waals surface area contributed by atoms with E-state index in [1.807, 2.05) is 37.3 Å². The van der Waals surface area contributed by atoms with Crippen LogP contribution in [-0.4, -0.2) is 11.1 Å². The highest BCUT2D eigenvalue weighted by Gasteiger charge is 2.17. The molecule has 0 spiro atoms. The number of carbonyl (C=O) groups is 1. The topological polar surface area (TPSA) is 37.3 Å². The third-order valence-electron chi connectivity index (χ3n) is 3.41. The number of benzene rings is 1. The first-order valence-corrected chi connectivity index (χ1v) is 7.02. The molecule has 19 heavy (non-hydrogen) atoms. The molecule has 0 aromatic heterocycles. The van der Waals surface area contributed by atoms with Crippen molar-refractivity contribution in [3.8, 4) is 0 Å². The van der Waals surface area contributed by atoms with Crippen LogP contribution in [0.1, 0.15) is 43.2 Å². The van der Waals surface area contributed by atoms with E-state index in [9.17, 15) is 9.90 Å². The van der Waals surface area contributed by atoms with Crippen molar-refractivity contribution >= 4 is 5.97 Å². The number of carboxylic acids is 1. The third kappa shape index (κ3) is 6.23. The average Bonchev–Trinajstić information content (AvgIpc) is 2.39. The lowest BCUT2D eigenvalue weighted by Gasteiger charge is -2.12. The molecular weight excluding hydrogens is 236 g/mol. The number of allylic oxidation sites excluding steroid dienone is 1. The number of aliphatic carboxylic acids is 1. The minimum absolute atomic E-state index is 0.258. The van der Waals surface area contributed by atoms with Crippen molar-refractivity contribution in [2.45, 2.75) is 45.4 Å². The van der Waals surface area contributed by atoms with Gasteiger partial charge in [-0.05, 0) is 38.2 Å². The largest absolute Gasteiger partial charge is 0.481 e. The van der Waals surface area contributed by atoms with Crippen LogP contribution in [0.3, 0.4) is 0 Å². The van der Waals surface area contributed by atoms with Crippen molar-refractivity contribution in [1.82, 2.24) is 0 Å². The second-order valence-corrected chi connectivity index (χ2v) is 5.15. The summed E-state index contributed by atoms with van der Waals surface area (Å²) in [6.07, 6.45) is 7.52. The number of rotatable bonds is 9. The highest BCUT2D eigenvalue weighted by atomic mass is 16.4. The fourth-order valence-electron chi connectivity index (χ4n) is 2.18. The molecule has 1 rings (SSSR count). The standard InChI is InChI=1S/C17H24O2/c1-3-4-5-6-7-8-16(17(18)19)13-15-11-9-14(2)10-12-15/h3,9-12,16H,1,4-8,13H2,2H3,(H,18,19). The Morgan fingerprint density at radius 1 is 1.26 bits per heavy atom. The number of hydrogen-bond donors (Lipinski definition) is 1. The Morgan fingerprint density at radius 3 is 2.53 bits per heavy atom. The maximum absolute atomic E-state index is 11.3. The van der Waals surface area contributed by atoms with Crippen molar-refractivity contribution < 1.29 is 9.90 Å². The molecule has 0 radical (unpaired) electrons. The van der Waals surface area contributed by atoms with E-state index in [0.717, 1.165) is 37.7 Å². The Kier molecular flexibility index (Phi) is 6.94. The van der Waals surface area contributed by atoms with Gasteiger partial charge in [-0.3, -0.25) is 4.79 Å². The number of carboxylic acid groups (broad SMARTS) is 1. The zero-order valence-corrected chi connectivity index (χ0v) is 11.8. The predicted octanol–water partition coefficient (Wildman–Crippen LogP) is 4.37. The Morgan fingerprint density at radius 2 is 1.95 bits per heavy atom. The molecule has 0 saturated heterocycles. The molecule has 0 aliphatic heterocycles. The van der Waals surface area contributed by atoms with E-state index < -0.39 is 5.97 Å². The van der Waals surface area contributed by atoms with Gasteiger partial charge in [0.25, 0.3) is 0 Å². The van der Waals surface area contributed by atoms with Gasteiger partial charge in [0.05, 0.1) is 5.92 Å². The van der Waals surface area contributed by atoms with Crippen molar-refractivity contribution in [3.05, 3.63) is 48.0 Å². The number of unbranched alkanes of at least 4 members (excludes halogenated alkanes) is 3. The number of aryl methyl sites for hydroxylation is 1. The van der Waals surface area contributed by atoms with Crippen LogP contribution in [0.2, 0.25) is 0 Å². The van der Waals surface area contributed by atoms with Crippen molar-refractivity contribution in [2.24, 2.45) is 5.92 Å². The summed E-state index contributed by atoms with van der Waals surface area (Å²) in [5, 5.41) is 9.28. The summed E-state index contributed by atoms with van der Waals surface area (Å²) in [5.41, 5.74) is 2.32. The average molecular weight is 260 g/mol. The van der Waals surface area contributed by atoms with Gasteiger partial charge >= 0.3 is 5.97 Å². The van der Waals surface area contributed by atoms with Crippen LogP contribution in [0, 0.1) is 12.8 Å². The minimum Gasteiger partial charge on any atom is -0.481 e. The van der Waals surface area contributed by atoms with Crippen LogP contribution in [-0.2, 0) is 11.2 Å². The first-order valence-electron chi connectivity index (χ1n) is 7.02. The summed E-state index contributed by atoms with van der Waals surface area (Å²) >= 11 is 0. The molecule has 2 heteroatoms. The van der Waals surface area contributed by atoms with Crippen LogP contribution < -0.4 is 0 Å². The molecule has 1 aromatic rings. The summed E-state index contributed by atoms with van der Waals surface area (Å²) in [5.74, 6) is -0.935. The van der Waals surface area contributed by atoms with E-state index in [-0.39, 0.29) is 5.92 Å². The van der Waals surface area contributed by atoms with Crippen LogP contribution >= 0.6 is 0 Å². The maximum Gasteiger partial charge on any atom is 0.306 e. The van der Waals surface area contributed by atoms with Crippen molar-refractivity contribution in [1.29, 1.82) is 0 Å². The van der Waals surface area contributed by atoms with E-state index in [4.69, 9.17) is 0 Å². The smallest absolute Gasteiger partial charge is 0.306 e. The molecular formula is C17H24O2. The van der Waals surface area contributed by atoms with Crippen LogP contribution in [0.5, 0.6) is 0 Å². The molecule has 1 N–H and O–H groups in total. The Hall–Kier alpha value is -1.57. The number of hydrogen-bond acceptors (Lipinski definition) is 1. The SMILES string of the molecule is C=CCCCCCC(Cc1ccc(C)cc1)C(=O)O. The monoisotopic (exact) mass is 260 g/mol. The summed E-state index contributed by atoms with van der Waals surface area (Å²) in [4.78, 5) is 11.3. The van der Waals surface area contributed by atoms with Gasteiger partial charge in [-0.2, -0.15) is 0 Å². The zero-order chi connectivity index (χ0) is 14.1. The van der Waals surface area contributed by atoms with Gasteiger partial charge in [-0.25, -0.2) is 0 Å². The van der Waals surface area contributed by atoms with E-state index in [0.29, 0.717) is 6.42 Å². The Balaban J connectivity index is 2.42. The van der Waals surface area contributed by atoms with Gasteiger partial charge in [0.1, 0.15) is 0 Å². The summed E-state index contributed by atoms with van der Waals surface area (Å²) < 4.78 is 0.